The topological polar surface area (TPSA) is 178 Å². The van der Waals surface area contributed by atoms with E-state index in [0.717, 1.165) is 10.3 Å². The van der Waals surface area contributed by atoms with Crippen LogP contribution in [0.4, 0.5) is 5.13 Å². The first-order valence-corrected chi connectivity index (χ1v) is 15.9. The second-order valence-corrected chi connectivity index (χ2v) is 12.3. The van der Waals surface area contributed by atoms with Crippen LogP contribution >= 0.6 is 11.3 Å². The van der Waals surface area contributed by atoms with E-state index in [1.165, 1.54) is 16.1 Å². The number of primary sulfonamides is 1. The molecule has 0 unspecified atom stereocenters. The number of thiazole rings is 1. The lowest BCUT2D eigenvalue weighted by Crippen LogP contribution is -2.17. The molecule has 0 bridgehead atoms. The molecule has 4 N–H and O–H groups in total. The number of anilines is 1. The normalized spacial score (nSPS) is 11.6. The number of methoxy groups -OCH3 is 1. The zero-order valence-electron chi connectivity index (χ0n) is 23.7. The highest BCUT2D eigenvalue weighted by molar-refractivity contribution is 7.89. The van der Waals surface area contributed by atoms with Crippen LogP contribution in [-0.2, 0) is 32.5 Å². The van der Waals surface area contributed by atoms with E-state index in [4.69, 9.17) is 20.3 Å². The number of hydrogen-bond acceptors (Lipinski definition) is 11. The number of sulfonamides is 1. The Morgan fingerprint density at radius 3 is 2.56 bits per heavy atom. The number of nitrogen functional groups attached to an aromatic ring is 1. The summed E-state index contributed by atoms with van der Waals surface area (Å²) >= 11 is 1.33. The van der Waals surface area contributed by atoms with Gasteiger partial charge in [-0.2, -0.15) is 4.80 Å². The van der Waals surface area contributed by atoms with Crippen molar-refractivity contribution >= 4 is 42.7 Å². The molecule has 0 fully saturated rings. The minimum Gasteiger partial charge on any atom is -0.497 e. The summed E-state index contributed by atoms with van der Waals surface area (Å²) in [6, 6.07) is 16.6. The molecule has 3 aromatic carbocycles. The van der Waals surface area contributed by atoms with Crippen molar-refractivity contribution in [2.45, 2.75) is 44.0 Å². The number of nitrogens with two attached hydrogens (primary N) is 2. The van der Waals surface area contributed by atoms with Crippen LogP contribution < -0.4 is 15.6 Å². The summed E-state index contributed by atoms with van der Waals surface area (Å²) in [6.45, 7) is 2.35. The minimum atomic E-state index is -4.28. The van der Waals surface area contributed by atoms with E-state index in [-0.39, 0.29) is 28.7 Å². The number of esters is 1. The summed E-state index contributed by atoms with van der Waals surface area (Å²) in [5.41, 5.74) is 9.45. The third-order valence-corrected chi connectivity index (χ3v) is 8.68. The van der Waals surface area contributed by atoms with Crippen LogP contribution in [-0.4, -0.2) is 53.3 Å². The van der Waals surface area contributed by atoms with Gasteiger partial charge in [-0.05, 0) is 66.3 Å². The average Bonchev–Trinajstić information content (AvgIpc) is 3.60. The molecule has 0 saturated carbocycles. The van der Waals surface area contributed by atoms with Crippen molar-refractivity contribution in [3.8, 4) is 28.3 Å². The molecular weight excluding hydrogens is 590 g/mol. The Morgan fingerprint density at radius 1 is 1.05 bits per heavy atom. The third kappa shape index (κ3) is 6.82. The predicted molar refractivity (Wildman–Crippen MR) is 164 cm³/mol. The van der Waals surface area contributed by atoms with Gasteiger partial charge in [0.15, 0.2) is 5.13 Å². The van der Waals surface area contributed by atoms with E-state index in [9.17, 15) is 13.2 Å². The smallest absolute Gasteiger partial charge is 0.305 e. The van der Waals surface area contributed by atoms with Gasteiger partial charge >= 0.3 is 5.97 Å². The molecule has 5 aromatic rings. The maximum absolute atomic E-state index is 13.3. The van der Waals surface area contributed by atoms with Gasteiger partial charge in [-0.1, -0.05) is 47.7 Å². The van der Waals surface area contributed by atoms with Gasteiger partial charge < -0.3 is 15.2 Å². The van der Waals surface area contributed by atoms with Crippen molar-refractivity contribution in [2.24, 2.45) is 5.14 Å². The van der Waals surface area contributed by atoms with Gasteiger partial charge in [0.1, 0.15) is 5.75 Å². The fraction of sp³-hybridized carbons (Fsp3) is 0.276. The average molecular weight is 622 g/mol. The maximum atomic E-state index is 13.3. The fourth-order valence-electron chi connectivity index (χ4n) is 4.90. The number of carbonyl (C=O) groups is 1. The van der Waals surface area contributed by atoms with Crippen LogP contribution in [0.3, 0.4) is 0 Å². The molecule has 0 atom stereocenters. The van der Waals surface area contributed by atoms with E-state index < -0.39 is 10.0 Å². The first-order chi connectivity index (χ1) is 20.7. The molecule has 5 rings (SSSR count). The van der Waals surface area contributed by atoms with Crippen LogP contribution in [0.1, 0.15) is 37.3 Å². The number of aryl methyl sites for hydroxylation is 1. The van der Waals surface area contributed by atoms with Crippen molar-refractivity contribution < 1.29 is 22.7 Å². The van der Waals surface area contributed by atoms with Gasteiger partial charge in [0.25, 0.3) is 0 Å². The van der Waals surface area contributed by atoms with Crippen LogP contribution in [0.2, 0.25) is 0 Å². The highest BCUT2D eigenvalue weighted by Crippen LogP contribution is 2.41. The Labute approximate surface area is 252 Å². The lowest BCUT2D eigenvalue weighted by atomic mass is 9.94. The van der Waals surface area contributed by atoms with Gasteiger partial charge in [0, 0.05) is 12.0 Å². The number of unbranched alkanes of at least 4 members (excludes halogenated alkanes) is 1. The number of fused-ring (bicyclic) bond motifs is 1. The molecular formula is C29H31N7O5S2. The van der Waals surface area contributed by atoms with Gasteiger partial charge in [-0.15, -0.1) is 10.2 Å². The molecule has 0 spiro atoms. The van der Waals surface area contributed by atoms with Crippen LogP contribution in [0.25, 0.3) is 32.7 Å². The summed E-state index contributed by atoms with van der Waals surface area (Å²) in [5.74, 6) is 0.522. The number of nitrogens with zero attached hydrogens (tertiary/aromatic N) is 5. The van der Waals surface area contributed by atoms with E-state index in [2.05, 4.69) is 20.4 Å². The molecule has 0 radical (unpaired) electrons. The Balaban J connectivity index is 1.61. The molecule has 0 aliphatic heterocycles. The monoisotopic (exact) mass is 621 g/mol. The highest BCUT2D eigenvalue weighted by atomic mass is 32.2. The molecule has 0 aliphatic carbocycles. The Hall–Kier alpha value is -4.40. The van der Waals surface area contributed by atoms with Crippen molar-refractivity contribution in [1.29, 1.82) is 0 Å². The molecule has 224 valence electrons. The molecule has 0 saturated heterocycles. The number of para-hydroxylation sites is 1. The highest BCUT2D eigenvalue weighted by Gasteiger charge is 2.28. The number of rotatable bonds is 12. The third-order valence-electron chi connectivity index (χ3n) is 6.79. The molecule has 2 heterocycles. The fourth-order valence-corrected chi connectivity index (χ4v) is 6.68. The van der Waals surface area contributed by atoms with Gasteiger partial charge in [0.2, 0.25) is 15.8 Å². The summed E-state index contributed by atoms with van der Waals surface area (Å²) < 4.78 is 37.6. The molecule has 12 nitrogen and oxygen atoms in total. The maximum Gasteiger partial charge on any atom is 0.305 e. The zero-order valence-corrected chi connectivity index (χ0v) is 25.3. The molecule has 0 aliphatic rings. The quantitative estimate of drug-likeness (QED) is 0.152. The van der Waals surface area contributed by atoms with Gasteiger partial charge in [-0.25, -0.2) is 18.5 Å². The van der Waals surface area contributed by atoms with Gasteiger partial charge in [0.05, 0.1) is 40.9 Å². The summed E-state index contributed by atoms with van der Waals surface area (Å²) in [4.78, 5) is 17.6. The van der Waals surface area contributed by atoms with E-state index in [1.54, 1.807) is 20.1 Å². The second-order valence-electron chi connectivity index (χ2n) is 9.73. The second kappa shape index (κ2) is 12.9. The predicted octanol–water partition coefficient (Wildman–Crippen LogP) is 4.18. The van der Waals surface area contributed by atoms with Crippen molar-refractivity contribution in [2.75, 3.05) is 19.5 Å². The number of ether oxygens (including phenoxy) is 2. The largest absolute Gasteiger partial charge is 0.497 e. The standard InChI is InChI=1S/C29H31N7O5S2/c1-3-41-24(37)10-5-4-7-19-13-16-21(22-8-6-9-23-26(22)32-29(30)42-23)25(27(19)43(31,38)39)28-33-35-36(34-28)17-18-11-14-20(40-2)15-12-18/h6,8-9,11-16H,3-5,7,10,17H2,1-2H3,(H2,30,32)(H2,31,38,39). The molecule has 14 heteroatoms. The number of carbonyl (C=O) groups excluding carboxylic acids is 1. The summed E-state index contributed by atoms with van der Waals surface area (Å²) in [6.07, 6.45) is 1.65. The zero-order chi connectivity index (χ0) is 30.6. The summed E-state index contributed by atoms with van der Waals surface area (Å²) in [7, 11) is -2.68. The number of benzene rings is 3. The SMILES string of the molecule is CCOC(=O)CCCCc1ccc(-c2cccc3sc(N)nc23)c(-c2nnn(Cc3ccc(OC)cc3)n2)c1S(N)(=O)=O. The van der Waals surface area contributed by atoms with E-state index >= 15 is 0 Å². The Bertz CT molecular complexity index is 1870. The van der Waals surface area contributed by atoms with Crippen molar-refractivity contribution in [1.82, 2.24) is 25.2 Å². The first kappa shape index (κ1) is 30.1. The van der Waals surface area contributed by atoms with Gasteiger partial charge in [-0.3, -0.25) is 4.79 Å². The first-order valence-electron chi connectivity index (χ1n) is 13.6. The van der Waals surface area contributed by atoms with Crippen molar-refractivity contribution in [3.63, 3.8) is 0 Å². The van der Waals surface area contributed by atoms with Crippen LogP contribution in [0, 0.1) is 0 Å². The number of tetrazole rings is 1. The Kier molecular flexibility index (Phi) is 8.99. The summed E-state index contributed by atoms with van der Waals surface area (Å²) in [5, 5.41) is 19.3. The van der Waals surface area contributed by atoms with E-state index in [1.807, 2.05) is 48.5 Å². The molecule has 2 aromatic heterocycles. The minimum absolute atomic E-state index is 0.0923. The number of hydrogen-bond donors (Lipinski definition) is 2. The lowest BCUT2D eigenvalue weighted by molar-refractivity contribution is -0.143. The molecule has 43 heavy (non-hydrogen) atoms. The Morgan fingerprint density at radius 2 is 1.84 bits per heavy atom. The van der Waals surface area contributed by atoms with E-state index in [0.29, 0.717) is 65.5 Å². The molecule has 0 amide bonds. The van der Waals surface area contributed by atoms with Crippen LogP contribution in [0.15, 0.2) is 59.5 Å². The number of aromatic nitrogens is 5. The van der Waals surface area contributed by atoms with Crippen LogP contribution in [0.5, 0.6) is 5.75 Å². The van der Waals surface area contributed by atoms with Crippen molar-refractivity contribution in [3.05, 3.63) is 65.7 Å². The lowest BCUT2D eigenvalue weighted by Gasteiger charge is -2.16.